The van der Waals surface area contributed by atoms with E-state index < -0.39 is 24.3 Å². The summed E-state index contributed by atoms with van der Waals surface area (Å²) in [7, 11) is 1.31. The highest BCUT2D eigenvalue weighted by atomic mass is 16.5. The Hall–Kier alpha value is -6.18. The van der Waals surface area contributed by atoms with E-state index in [2.05, 4.69) is 38.5 Å². The van der Waals surface area contributed by atoms with Gasteiger partial charge in [-0.1, -0.05) is 24.0 Å². The summed E-state index contributed by atoms with van der Waals surface area (Å²) >= 11 is 0. The molecule has 5 aromatic rings. The summed E-state index contributed by atoms with van der Waals surface area (Å²) in [5.41, 5.74) is 4.99. The van der Waals surface area contributed by atoms with Gasteiger partial charge in [-0.2, -0.15) is 0 Å². The summed E-state index contributed by atoms with van der Waals surface area (Å²) in [6.45, 7) is 2.14. The van der Waals surface area contributed by atoms with Crippen LogP contribution in [0.5, 0.6) is 0 Å². The first-order chi connectivity index (χ1) is 30.7. The molecule has 2 aromatic heterocycles. The number of rotatable bonds is 8. The minimum absolute atomic E-state index is 0.0348. The highest BCUT2D eigenvalue weighted by molar-refractivity contribution is 6.04. The predicted octanol–water partition coefficient (Wildman–Crippen LogP) is 5.53. The summed E-state index contributed by atoms with van der Waals surface area (Å²) in [4.78, 5) is 73.5. The number of imidazole rings is 2. The summed E-state index contributed by atoms with van der Waals surface area (Å²) in [5, 5.41) is 17.1. The van der Waals surface area contributed by atoms with Crippen molar-refractivity contribution in [1.29, 1.82) is 0 Å². The number of carbonyl (C=O) groups excluding carboxylic acids is 3. The molecule has 3 aromatic carbocycles. The maximum absolute atomic E-state index is 14.3. The zero-order valence-corrected chi connectivity index (χ0v) is 35.0. The zero-order chi connectivity index (χ0) is 42.9. The first-order valence-corrected chi connectivity index (χ1v) is 22.3. The molecule has 6 aliphatic rings. The van der Waals surface area contributed by atoms with Gasteiger partial charge in [0.25, 0.3) is 0 Å². The maximum Gasteiger partial charge on any atom is 0.407 e. The fraction of sp³-hybridized carbons (Fsp3) is 0.489. The third-order valence-corrected chi connectivity index (χ3v) is 14.4. The van der Waals surface area contributed by atoms with Gasteiger partial charge in [-0.05, 0) is 117 Å². The number of aromatic nitrogens is 4. The van der Waals surface area contributed by atoms with Gasteiger partial charge in [-0.15, -0.1) is 0 Å². The molecule has 0 spiro atoms. The molecule has 16 nitrogen and oxygen atoms in total. The van der Waals surface area contributed by atoms with Crippen molar-refractivity contribution in [1.82, 2.24) is 40.4 Å². The first kappa shape index (κ1) is 39.7. The topological polar surface area (TPSA) is 204 Å². The molecule has 0 radical (unpaired) electrons. The molecule has 6 heterocycles. The van der Waals surface area contributed by atoms with Crippen LogP contribution in [-0.4, -0.2) is 117 Å². The molecule has 16 heteroatoms. The Morgan fingerprint density at radius 2 is 1.30 bits per heavy atom. The number of alkyl carbamates (subject to hydrolysis) is 1. The summed E-state index contributed by atoms with van der Waals surface area (Å²) in [6, 6.07) is 14.3. The molecular formula is C47H50N8O8. The molecule has 63 heavy (non-hydrogen) atoms. The average molecular weight is 855 g/mol. The lowest BCUT2D eigenvalue weighted by atomic mass is 9.90. The molecule has 8 atom stereocenters. The van der Waals surface area contributed by atoms with Gasteiger partial charge >= 0.3 is 12.2 Å². The average Bonchev–Trinajstić information content (AvgIpc) is 3.96. The number of likely N-dealkylation sites (tertiary alicyclic amines) is 2. The van der Waals surface area contributed by atoms with E-state index in [1.807, 2.05) is 52.3 Å². The molecule has 11 rings (SSSR count). The second kappa shape index (κ2) is 15.9. The Morgan fingerprint density at radius 1 is 0.730 bits per heavy atom. The minimum atomic E-state index is -1.19. The second-order valence-electron chi connectivity index (χ2n) is 18.2. The number of piperidine rings is 2. The molecule has 0 bridgehead atoms. The molecule has 326 valence electrons. The van der Waals surface area contributed by atoms with Crippen LogP contribution in [0.2, 0.25) is 0 Å². The van der Waals surface area contributed by atoms with Gasteiger partial charge in [0.1, 0.15) is 23.7 Å². The van der Waals surface area contributed by atoms with E-state index in [1.165, 1.54) is 7.11 Å². The van der Waals surface area contributed by atoms with E-state index >= 15 is 0 Å². The molecule has 4 saturated heterocycles. The highest BCUT2D eigenvalue weighted by Gasteiger charge is 2.58. The Kier molecular flexibility index (Phi) is 9.99. The highest BCUT2D eigenvalue weighted by Crippen LogP contribution is 2.55. The molecule has 0 unspecified atom stereocenters. The number of aromatic amines is 2. The normalized spacial score (nSPS) is 26.4. The lowest BCUT2D eigenvalue weighted by Crippen LogP contribution is -2.54. The van der Waals surface area contributed by atoms with Crippen molar-refractivity contribution >= 4 is 56.8 Å². The van der Waals surface area contributed by atoms with Crippen molar-refractivity contribution in [2.75, 3.05) is 33.5 Å². The quantitative estimate of drug-likeness (QED) is 0.124. The van der Waals surface area contributed by atoms with Crippen molar-refractivity contribution in [3.63, 3.8) is 0 Å². The molecule has 5 N–H and O–H groups in total. The van der Waals surface area contributed by atoms with Gasteiger partial charge in [0.15, 0.2) is 0 Å². The molecule has 4 aliphatic heterocycles. The van der Waals surface area contributed by atoms with E-state index in [1.54, 1.807) is 0 Å². The van der Waals surface area contributed by atoms with E-state index in [0.29, 0.717) is 63.9 Å². The smallest absolute Gasteiger partial charge is 0.407 e. The van der Waals surface area contributed by atoms with Crippen LogP contribution in [0.15, 0.2) is 48.5 Å². The summed E-state index contributed by atoms with van der Waals surface area (Å²) < 4.78 is 16.0. The number of benzene rings is 3. The predicted molar refractivity (Wildman–Crippen MR) is 229 cm³/mol. The molecule has 2 saturated carbocycles. The van der Waals surface area contributed by atoms with Gasteiger partial charge in [0, 0.05) is 55.0 Å². The van der Waals surface area contributed by atoms with Crippen LogP contribution in [0.3, 0.4) is 0 Å². The zero-order valence-electron chi connectivity index (χ0n) is 35.0. The second-order valence-corrected chi connectivity index (χ2v) is 18.2. The van der Waals surface area contributed by atoms with Crippen LogP contribution < -0.4 is 10.6 Å². The number of amides is 4. The van der Waals surface area contributed by atoms with Crippen LogP contribution in [0.4, 0.5) is 9.59 Å². The number of hydrogen-bond acceptors (Lipinski definition) is 9. The van der Waals surface area contributed by atoms with Crippen LogP contribution in [0.1, 0.15) is 86.2 Å². The summed E-state index contributed by atoms with van der Waals surface area (Å²) in [6.07, 6.45) is 4.34. The molecule has 4 amide bonds. The number of methoxy groups -OCH3 is 1. The largest absolute Gasteiger partial charge is 0.465 e. The van der Waals surface area contributed by atoms with Gasteiger partial charge in [-0.3, -0.25) is 9.59 Å². The lowest BCUT2D eigenvalue weighted by molar-refractivity contribution is -0.138. The Morgan fingerprint density at radius 3 is 1.92 bits per heavy atom. The number of H-pyrrole nitrogens is 2. The first-order valence-electron chi connectivity index (χ1n) is 22.3. The van der Waals surface area contributed by atoms with E-state index in [0.717, 1.165) is 81.3 Å². The Labute approximate surface area is 362 Å². The fourth-order valence-corrected chi connectivity index (χ4v) is 11.0. The van der Waals surface area contributed by atoms with Gasteiger partial charge < -0.3 is 49.7 Å². The van der Waals surface area contributed by atoms with Crippen molar-refractivity contribution in [3.8, 4) is 11.8 Å². The van der Waals surface area contributed by atoms with Gasteiger partial charge in [-0.25, -0.2) is 19.6 Å². The fourth-order valence-electron chi connectivity index (χ4n) is 11.0. The molecular weight excluding hydrogens is 805 g/mol. The van der Waals surface area contributed by atoms with Crippen LogP contribution in [0, 0.1) is 35.5 Å². The minimum Gasteiger partial charge on any atom is -0.465 e. The number of carbonyl (C=O) groups is 4. The van der Waals surface area contributed by atoms with E-state index in [9.17, 15) is 24.3 Å². The van der Waals surface area contributed by atoms with E-state index in [-0.39, 0.29) is 47.8 Å². The van der Waals surface area contributed by atoms with Crippen molar-refractivity contribution in [3.05, 3.63) is 71.3 Å². The maximum atomic E-state index is 14.3. The van der Waals surface area contributed by atoms with Crippen molar-refractivity contribution < 1.29 is 38.5 Å². The third kappa shape index (κ3) is 7.40. The number of nitrogens with one attached hydrogen (secondary N) is 4. The Balaban J connectivity index is 0.815. The lowest BCUT2D eigenvalue weighted by Gasteiger charge is -2.35. The molecule has 6 fully saturated rings. The number of fused-ring (bicyclic) bond motifs is 6. The van der Waals surface area contributed by atoms with Gasteiger partial charge in [0.05, 0.1) is 41.3 Å². The number of carboxylic acid groups (broad SMARTS) is 1. The van der Waals surface area contributed by atoms with Crippen molar-refractivity contribution in [2.45, 2.75) is 87.6 Å². The SMILES string of the molecule is COC(=O)N[C@H](C(=O)N1[C@@H]2C[C@@H]2C[C@H]1c1nc2cc(C#Cc3ccc4c(ccc5nc([C@@H]6C[C@H]7C[C@H]7N6C(=O)[C@@H](NC(=O)O)C6CCOCC6)[nH]c54)c3)ccc2[nH]1)C1CCOCC1. The number of nitrogens with zero attached hydrogens (tertiary/aromatic N) is 4. The summed E-state index contributed by atoms with van der Waals surface area (Å²) in [5.74, 6) is 8.51. The van der Waals surface area contributed by atoms with Crippen LogP contribution >= 0.6 is 0 Å². The monoisotopic (exact) mass is 854 g/mol. The number of ether oxygens (including phenoxy) is 3. The number of hydrogen-bond donors (Lipinski definition) is 5. The third-order valence-electron chi connectivity index (χ3n) is 14.4. The van der Waals surface area contributed by atoms with Crippen LogP contribution in [0.25, 0.3) is 32.8 Å². The van der Waals surface area contributed by atoms with Crippen LogP contribution in [-0.2, 0) is 23.8 Å². The molecule has 2 aliphatic carbocycles. The Bertz CT molecular complexity index is 2710. The van der Waals surface area contributed by atoms with Gasteiger partial charge in [0.2, 0.25) is 11.8 Å². The van der Waals surface area contributed by atoms with Crippen molar-refractivity contribution in [2.24, 2.45) is 23.7 Å². The van der Waals surface area contributed by atoms with E-state index in [4.69, 9.17) is 24.2 Å². The standard InChI is InChI=1S/C47H50N8O8/c1-61-47(60)53-40(27-12-16-63-17-13-27)45(57)54-35-20-29(35)22-37(54)42-48-32-8-5-25(19-34(32)50-42)3-2-24-4-7-31-28(18-24)6-9-33-41(31)51-43(49-33)38-23-30-21-36(30)55(38)44(56)39(52-46(58)59)26-10-14-62-15-11-26/h4-9,18-19,26-27,29-30,35-40,52H,10-17,20-23H2,1H3,(H,48,50)(H,49,51)(H,53,60)(H,58,59)/t29-,30-,35-,36-,37+,38+,39+,40+/m1/s1.